The molecule has 2 saturated carbocycles. The number of piperazine rings is 1. The molecule has 3 saturated heterocycles. The van der Waals surface area contributed by atoms with E-state index in [9.17, 15) is 19.2 Å². The van der Waals surface area contributed by atoms with E-state index < -0.39 is 0 Å². The topological polar surface area (TPSA) is 67.7 Å². The maximum absolute atomic E-state index is 13.5. The number of hydrogen-bond acceptors (Lipinski definition) is 4. The van der Waals surface area contributed by atoms with Gasteiger partial charge in [0.05, 0.1) is 18.2 Å². The van der Waals surface area contributed by atoms with Gasteiger partial charge in [-0.2, -0.15) is 5.26 Å². The molecule has 2 bridgehead atoms. The number of hydrogen-bond donors (Lipinski definition) is 0. The van der Waals surface area contributed by atoms with Crippen LogP contribution in [0.5, 0.6) is 0 Å². The van der Waals surface area contributed by atoms with E-state index >= 15 is 0 Å². The van der Waals surface area contributed by atoms with Crippen molar-refractivity contribution >= 4 is 11.8 Å². The molecule has 2 amide bonds. The second kappa shape index (κ2) is 7.28. The Hall–Kier alpha value is -2.46. The van der Waals surface area contributed by atoms with Gasteiger partial charge in [-0.3, -0.25) is 14.5 Å². The molecule has 168 valence electrons. The van der Waals surface area contributed by atoms with E-state index in [1.54, 1.807) is 0 Å². The number of nitriles is 1. The van der Waals surface area contributed by atoms with Crippen molar-refractivity contribution in [2.24, 2.45) is 17.8 Å². The Kier molecular flexibility index (Phi) is 4.59. The summed E-state index contributed by atoms with van der Waals surface area (Å²) in [5.74, 6) is 0.719. The molecule has 5 fully saturated rings. The highest BCUT2D eigenvalue weighted by Gasteiger charge is 2.56. The molecule has 7 heteroatoms. The normalized spacial score (nSPS) is 35.0. The standard InChI is InChI=1S/C25H29FN4O2/c1-14(24(31)29-19(11-27)8-17-9-21(17)29)12-28-13-20-10-22(28)25(32)30(20)23(15-2-3-15)16-4-6-18(26)7-5-16/h4-7,14-15,17,19-23H,2-3,8-10,12-13H2,1H3/t14-,17+,19-,20+,21?,22+,23-/m0/s1. The van der Waals surface area contributed by atoms with Crippen LogP contribution in [0.1, 0.15) is 50.6 Å². The van der Waals surface area contributed by atoms with E-state index in [4.69, 9.17) is 0 Å². The molecule has 7 atom stereocenters. The van der Waals surface area contributed by atoms with Crippen molar-refractivity contribution in [3.63, 3.8) is 0 Å². The van der Waals surface area contributed by atoms with Crippen LogP contribution >= 0.6 is 0 Å². The molecule has 1 aromatic rings. The van der Waals surface area contributed by atoms with Crippen LogP contribution in [0.15, 0.2) is 24.3 Å². The van der Waals surface area contributed by atoms with Crippen molar-refractivity contribution < 1.29 is 14.0 Å². The number of halogens is 1. The lowest BCUT2D eigenvalue weighted by atomic mass is 9.99. The fourth-order valence-corrected chi connectivity index (χ4v) is 6.56. The Balaban J connectivity index is 1.14. The van der Waals surface area contributed by atoms with Gasteiger partial charge in [0.1, 0.15) is 11.9 Å². The van der Waals surface area contributed by atoms with Crippen molar-refractivity contribution in [2.45, 2.75) is 69.2 Å². The summed E-state index contributed by atoms with van der Waals surface area (Å²) in [5.41, 5.74) is 1.03. The molecule has 6 nitrogen and oxygen atoms in total. The van der Waals surface area contributed by atoms with Crippen molar-refractivity contribution in [3.8, 4) is 6.07 Å². The molecule has 1 aromatic carbocycles. The van der Waals surface area contributed by atoms with Gasteiger partial charge >= 0.3 is 0 Å². The van der Waals surface area contributed by atoms with Gasteiger partial charge in [-0.25, -0.2) is 4.39 Å². The summed E-state index contributed by atoms with van der Waals surface area (Å²) in [6, 6.07) is 8.91. The van der Waals surface area contributed by atoms with E-state index in [-0.39, 0.29) is 53.8 Å². The number of carbonyl (C=O) groups is 2. The van der Waals surface area contributed by atoms with Crippen LogP contribution in [0.25, 0.3) is 0 Å². The minimum Gasteiger partial charge on any atom is -0.330 e. The van der Waals surface area contributed by atoms with Crippen LogP contribution < -0.4 is 0 Å². The van der Waals surface area contributed by atoms with Gasteiger partial charge in [-0.15, -0.1) is 0 Å². The SMILES string of the molecule is C[C@@H](CN1C[C@H]2C[C@@H]1C(=O)N2[C@H](c1ccc(F)cc1)C1CC1)C(=O)N1C2C[C@H]2C[C@H]1C#N. The minimum atomic E-state index is -0.282. The highest BCUT2D eigenvalue weighted by atomic mass is 19.1. The Labute approximate surface area is 187 Å². The fraction of sp³-hybridized carbons (Fsp3) is 0.640. The largest absolute Gasteiger partial charge is 0.330 e. The second-order valence-electron chi connectivity index (χ2n) is 10.5. The third-order valence-corrected chi connectivity index (χ3v) is 8.33. The monoisotopic (exact) mass is 436 g/mol. The van der Waals surface area contributed by atoms with E-state index in [1.165, 1.54) is 12.1 Å². The predicted molar refractivity (Wildman–Crippen MR) is 114 cm³/mol. The van der Waals surface area contributed by atoms with Crippen LogP contribution in [-0.2, 0) is 9.59 Å². The third kappa shape index (κ3) is 3.14. The first-order valence-corrected chi connectivity index (χ1v) is 12.0. The van der Waals surface area contributed by atoms with Crippen LogP contribution in [0.4, 0.5) is 4.39 Å². The van der Waals surface area contributed by atoms with E-state index in [0.29, 0.717) is 18.4 Å². The lowest BCUT2D eigenvalue weighted by Crippen LogP contribution is -2.54. The van der Waals surface area contributed by atoms with Gasteiger partial charge in [0.15, 0.2) is 0 Å². The fourth-order valence-electron chi connectivity index (χ4n) is 6.56. The third-order valence-electron chi connectivity index (χ3n) is 8.33. The van der Waals surface area contributed by atoms with Gasteiger partial charge < -0.3 is 9.80 Å². The van der Waals surface area contributed by atoms with Gasteiger partial charge in [-0.1, -0.05) is 19.1 Å². The summed E-state index contributed by atoms with van der Waals surface area (Å²) in [5, 5.41) is 9.43. The lowest BCUT2D eigenvalue weighted by Gasteiger charge is -2.40. The molecule has 2 aliphatic carbocycles. The number of piperidine rings is 1. The van der Waals surface area contributed by atoms with Crippen molar-refractivity contribution in [1.82, 2.24) is 14.7 Å². The average Bonchev–Trinajstić information content (AvgIpc) is 3.67. The highest BCUT2D eigenvalue weighted by molar-refractivity contribution is 5.86. The van der Waals surface area contributed by atoms with Crippen LogP contribution in [0.3, 0.4) is 0 Å². The average molecular weight is 437 g/mol. The molecule has 6 rings (SSSR count). The van der Waals surface area contributed by atoms with Gasteiger partial charge in [0.2, 0.25) is 11.8 Å². The quantitative estimate of drug-likeness (QED) is 0.688. The molecule has 32 heavy (non-hydrogen) atoms. The van der Waals surface area contributed by atoms with Gasteiger partial charge in [-0.05, 0) is 61.6 Å². The Morgan fingerprint density at radius 1 is 1.22 bits per heavy atom. The zero-order valence-electron chi connectivity index (χ0n) is 18.4. The molecular formula is C25H29FN4O2. The summed E-state index contributed by atoms with van der Waals surface area (Å²) in [7, 11) is 0. The van der Waals surface area contributed by atoms with Crippen LogP contribution in [0.2, 0.25) is 0 Å². The molecule has 1 unspecified atom stereocenters. The number of amides is 2. The lowest BCUT2D eigenvalue weighted by molar-refractivity contribution is -0.143. The van der Waals surface area contributed by atoms with Crippen molar-refractivity contribution in [1.29, 1.82) is 5.26 Å². The van der Waals surface area contributed by atoms with E-state index in [1.807, 2.05) is 24.0 Å². The summed E-state index contributed by atoms with van der Waals surface area (Å²) in [4.78, 5) is 32.6. The molecule has 0 spiro atoms. The molecule has 5 aliphatic rings. The zero-order valence-corrected chi connectivity index (χ0v) is 18.4. The van der Waals surface area contributed by atoms with E-state index in [0.717, 1.165) is 44.2 Å². The first kappa shape index (κ1) is 20.2. The highest BCUT2D eigenvalue weighted by Crippen LogP contribution is 2.50. The van der Waals surface area contributed by atoms with Crippen LogP contribution in [0, 0.1) is 34.9 Å². The maximum atomic E-state index is 13.5. The summed E-state index contributed by atoms with van der Waals surface area (Å²) in [6.45, 7) is 3.29. The summed E-state index contributed by atoms with van der Waals surface area (Å²) < 4.78 is 13.5. The molecule has 3 heterocycles. The Morgan fingerprint density at radius 2 is 1.97 bits per heavy atom. The van der Waals surface area contributed by atoms with E-state index in [2.05, 4.69) is 15.9 Å². The molecular weight excluding hydrogens is 407 g/mol. The number of fused-ring (bicyclic) bond motifs is 3. The number of rotatable bonds is 6. The smallest absolute Gasteiger partial charge is 0.240 e. The first-order valence-electron chi connectivity index (χ1n) is 12.0. The zero-order chi connectivity index (χ0) is 22.1. The number of carbonyl (C=O) groups excluding carboxylic acids is 2. The predicted octanol–water partition coefficient (Wildman–Crippen LogP) is 2.71. The summed E-state index contributed by atoms with van der Waals surface area (Å²) >= 11 is 0. The van der Waals surface area contributed by atoms with Crippen molar-refractivity contribution in [2.75, 3.05) is 13.1 Å². The minimum absolute atomic E-state index is 0.0343. The maximum Gasteiger partial charge on any atom is 0.240 e. The Bertz CT molecular complexity index is 987. The summed E-state index contributed by atoms with van der Waals surface area (Å²) in [6.07, 6.45) is 4.87. The van der Waals surface area contributed by atoms with Gasteiger partial charge in [0, 0.05) is 31.1 Å². The Morgan fingerprint density at radius 3 is 2.62 bits per heavy atom. The van der Waals surface area contributed by atoms with Crippen LogP contribution in [-0.4, -0.2) is 63.8 Å². The first-order chi connectivity index (χ1) is 15.5. The molecule has 0 N–H and O–H groups in total. The second-order valence-corrected chi connectivity index (χ2v) is 10.5. The molecule has 3 aliphatic heterocycles. The van der Waals surface area contributed by atoms with Gasteiger partial charge in [0.25, 0.3) is 0 Å². The van der Waals surface area contributed by atoms with Crippen molar-refractivity contribution in [3.05, 3.63) is 35.6 Å². The molecule has 0 aromatic heterocycles. The number of likely N-dealkylation sites (tertiary alicyclic amines) is 3. The number of nitrogens with zero attached hydrogens (tertiary/aromatic N) is 4. The molecule has 0 radical (unpaired) electrons. The number of benzene rings is 1.